The molecule has 2 rings (SSSR count). The smallest absolute Gasteiger partial charge is 0.308 e. The number of hydrogen-bond donors (Lipinski definition) is 3. The van der Waals surface area contributed by atoms with Crippen molar-refractivity contribution in [3.05, 3.63) is 23.8 Å². The number of hydrogen-bond acceptors (Lipinski definition) is 5. The van der Waals surface area contributed by atoms with Gasteiger partial charge in [0, 0.05) is 5.92 Å². The first-order chi connectivity index (χ1) is 13.7. The Morgan fingerprint density at radius 1 is 1.28 bits per heavy atom. The van der Waals surface area contributed by atoms with Crippen molar-refractivity contribution in [3.63, 3.8) is 0 Å². The van der Waals surface area contributed by atoms with E-state index in [-0.39, 0.29) is 48.6 Å². The van der Waals surface area contributed by atoms with Crippen LogP contribution in [0.4, 0.5) is 0 Å². The highest BCUT2D eigenvalue weighted by Crippen LogP contribution is 2.44. The van der Waals surface area contributed by atoms with Crippen LogP contribution in [0.25, 0.3) is 0 Å². The molecule has 0 radical (unpaired) electrons. The molecule has 0 heterocycles. The lowest BCUT2D eigenvalue weighted by Crippen LogP contribution is -2.40. The third kappa shape index (κ3) is 6.68. The van der Waals surface area contributed by atoms with E-state index in [1.54, 1.807) is 0 Å². The van der Waals surface area contributed by atoms with E-state index in [9.17, 15) is 19.8 Å². The molecule has 7 atom stereocenters. The average Bonchev–Trinajstić information content (AvgIpc) is 2.66. The predicted octanol–water partition coefficient (Wildman–Crippen LogP) is 3.47. The second-order valence-corrected chi connectivity index (χ2v) is 8.69. The van der Waals surface area contributed by atoms with Crippen LogP contribution in [0.15, 0.2) is 23.8 Å². The number of aliphatic hydroxyl groups is 2. The number of fused-ring (bicyclic) bond motifs is 1. The fraction of sp³-hybridized carbons (Fsp3) is 0.739. The first-order valence-corrected chi connectivity index (χ1v) is 10.9. The number of aliphatic hydroxyl groups excluding tert-OH is 2. The molecule has 0 spiro atoms. The van der Waals surface area contributed by atoms with Gasteiger partial charge in [0.15, 0.2) is 0 Å². The van der Waals surface area contributed by atoms with Crippen LogP contribution < -0.4 is 0 Å². The van der Waals surface area contributed by atoms with Crippen molar-refractivity contribution >= 4 is 11.9 Å². The van der Waals surface area contributed by atoms with Crippen molar-refractivity contribution < 1.29 is 29.6 Å². The predicted molar refractivity (Wildman–Crippen MR) is 110 cm³/mol. The van der Waals surface area contributed by atoms with Gasteiger partial charge in [0.25, 0.3) is 0 Å². The number of ether oxygens (including phenoxy) is 1. The van der Waals surface area contributed by atoms with Crippen molar-refractivity contribution in [1.82, 2.24) is 0 Å². The SMILES string of the molecule is CC[C@@H](C)C(=O)O[C@H]1CCC=C2C=C[C@H](C)[C@H](CC[C@@H](O)C[C@@H](O)CC(=O)O)[C@H]21. The molecule has 3 N–H and O–H groups in total. The number of carbonyl (C=O) groups is 2. The summed E-state index contributed by atoms with van der Waals surface area (Å²) in [7, 11) is 0. The molecule has 0 amide bonds. The van der Waals surface area contributed by atoms with E-state index in [0.717, 1.165) is 25.7 Å². The standard InChI is InChI=1S/C23H36O6/c1-4-14(2)23(28)29-20-7-5-6-16-9-8-15(3)19(22(16)20)11-10-17(24)12-18(25)13-21(26)27/h6,8-9,14-15,17-20,22,24-25H,4-5,7,10-13H2,1-3H3,(H,26,27)/t14-,15+,17-,18-,19+,20+,22+/m1/s1. The van der Waals surface area contributed by atoms with Gasteiger partial charge in [0.2, 0.25) is 0 Å². The maximum atomic E-state index is 12.4. The molecular weight excluding hydrogens is 372 g/mol. The molecule has 2 aliphatic rings. The van der Waals surface area contributed by atoms with Gasteiger partial charge in [-0.1, -0.05) is 39.0 Å². The van der Waals surface area contributed by atoms with Crippen LogP contribution in [-0.4, -0.2) is 45.6 Å². The van der Waals surface area contributed by atoms with Crippen LogP contribution in [0.5, 0.6) is 0 Å². The zero-order chi connectivity index (χ0) is 21.6. The number of carboxylic acids is 1. The zero-order valence-corrected chi connectivity index (χ0v) is 17.8. The van der Waals surface area contributed by atoms with Gasteiger partial charge in [-0.3, -0.25) is 9.59 Å². The Balaban J connectivity index is 2.03. The summed E-state index contributed by atoms with van der Waals surface area (Å²) < 4.78 is 5.93. The molecule has 29 heavy (non-hydrogen) atoms. The van der Waals surface area contributed by atoms with E-state index < -0.39 is 18.2 Å². The van der Waals surface area contributed by atoms with Gasteiger partial charge < -0.3 is 20.1 Å². The van der Waals surface area contributed by atoms with Gasteiger partial charge in [-0.15, -0.1) is 0 Å². The average molecular weight is 409 g/mol. The highest BCUT2D eigenvalue weighted by Gasteiger charge is 2.40. The number of aliphatic carboxylic acids is 1. The van der Waals surface area contributed by atoms with Crippen LogP contribution in [0.1, 0.15) is 65.7 Å². The van der Waals surface area contributed by atoms with Crippen molar-refractivity contribution in [2.24, 2.45) is 23.7 Å². The van der Waals surface area contributed by atoms with E-state index in [1.807, 2.05) is 13.8 Å². The van der Waals surface area contributed by atoms with Gasteiger partial charge >= 0.3 is 11.9 Å². The largest absolute Gasteiger partial charge is 0.481 e. The lowest BCUT2D eigenvalue weighted by atomic mass is 9.66. The molecule has 0 saturated heterocycles. The summed E-state index contributed by atoms with van der Waals surface area (Å²) in [4.78, 5) is 23.1. The van der Waals surface area contributed by atoms with Crippen LogP contribution in [0.2, 0.25) is 0 Å². The number of carbonyl (C=O) groups excluding carboxylic acids is 1. The Labute approximate surface area is 173 Å². The monoisotopic (exact) mass is 408 g/mol. The third-order valence-corrected chi connectivity index (χ3v) is 6.42. The molecule has 2 aliphatic carbocycles. The quantitative estimate of drug-likeness (QED) is 0.478. The van der Waals surface area contributed by atoms with Gasteiger partial charge in [-0.05, 0) is 55.9 Å². The third-order valence-electron chi connectivity index (χ3n) is 6.42. The zero-order valence-electron chi connectivity index (χ0n) is 17.8. The lowest BCUT2D eigenvalue weighted by Gasteiger charge is -2.42. The number of carboxylic acid groups (broad SMARTS) is 1. The van der Waals surface area contributed by atoms with Crippen LogP contribution >= 0.6 is 0 Å². The maximum Gasteiger partial charge on any atom is 0.308 e. The van der Waals surface area contributed by atoms with Gasteiger partial charge in [0.05, 0.1) is 24.5 Å². The molecule has 0 bridgehead atoms. The molecule has 0 aromatic heterocycles. The Hall–Kier alpha value is -1.66. The molecule has 164 valence electrons. The molecule has 6 heteroatoms. The Bertz CT molecular complexity index is 625. The number of allylic oxidation sites excluding steroid dienone is 3. The van der Waals surface area contributed by atoms with Gasteiger partial charge in [0.1, 0.15) is 6.10 Å². The van der Waals surface area contributed by atoms with Gasteiger partial charge in [-0.2, -0.15) is 0 Å². The summed E-state index contributed by atoms with van der Waals surface area (Å²) in [5, 5.41) is 28.8. The van der Waals surface area contributed by atoms with Crippen LogP contribution in [0.3, 0.4) is 0 Å². The van der Waals surface area contributed by atoms with E-state index in [2.05, 4.69) is 25.2 Å². The highest BCUT2D eigenvalue weighted by molar-refractivity contribution is 5.72. The highest BCUT2D eigenvalue weighted by atomic mass is 16.5. The first-order valence-electron chi connectivity index (χ1n) is 10.9. The number of esters is 1. The molecule has 0 aliphatic heterocycles. The minimum Gasteiger partial charge on any atom is -0.481 e. The summed E-state index contributed by atoms with van der Waals surface area (Å²) in [6.45, 7) is 6.01. The van der Waals surface area contributed by atoms with Crippen molar-refractivity contribution in [3.8, 4) is 0 Å². The second kappa shape index (κ2) is 10.9. The fourth-order valence-electron chi connectivity index (χ4n) is 4.49. The maximum absolute atomic E-state index is 12.4. The summed E-state index contributed by atoms with van der Waals surface area (Å²) in [6.07, 6.45) is 7.97. The topological polar surface area (TPSA) is 104 Å². The molecule has 6 nitrogen and oxygen atoms in total. The number of rotatable bonds is 10. The van der Waals surface area contributed by atoms with Crippen molar-refractivity contribution in [2.45, 2.75) is 84.0 Å². The molecule has 0 aromatic carbocycles. The lowest BCUT2D eigenvalue weighted by molar-refractivity contribution is -0.158. The summed E-state index contributed by atoms with van der Waals surface area (Å²) in [5.74, 6) is -0.691. The normalized spacial score (nSPS) is 29.3. The van der Waals surface area contributed by atoms with Crippen molar-refractivity contribution in [1.29, 1.82) is 0 Å². The summed E-state index contributed by atoms with van der Waals surface area (Å²) in [6, 6.07) is 0. The molecule has 0 aromatic rings. The molecule has 0 saturated carbocycles. The molecular formula is C23H36O6. The second-order valence-electron chi connectivity index (χ2n) is 8.69. The van der Waals surface area contributed by atoms with E-state index in [1.165, 1.54) is 5.57 Å². The summed E-state index contributed by atoms with van der Waals surface area (Å²) in [5.41, 5.74) is 1.21. The van der Waals surface area contributed by atoms with Crippen LogP contribution in [0, 0.1) is 23.7 Å². The van der Waals surface area contributed by atoms with Crippen LogP contribution in [-0.2, 0) is 14.3 Å². The molecule has 0 fully saturated rings. The Morgan fingerprint density at radius 3 is 2.66 bits per heavy atom. The minimum absolute atomic E-state index is 0.0586. The Kier molecular flexibility index (Phi) is 8.90. The van der Waals surface area contributed by atoms with E-state index >= 15 is 0 Å². The van der Waals surface area contributed by atoms with Crippen molar-refractivity contribution in [2.75, 3.05) is 0 Å². The summed E-state index contributed by atoms with van der Waals surface area (Å²) >= 11 is 0. The molecule has 0 unspecified atom stereocenters. The minimum atomic E-state index is -1.07. The fourth-order valence-corrected chi connectivity index (χ4v) is 4.49. The van der Waals surface area contributed by atoms with E-state index in [4.69, 9.17) is 9.84 Å². The van der Waals surface area contributed by atoms with Gasteiger partial charge in [-0.25, -0.2) is 0 Å². The Morgan fingerprint density at radius 2 is 2.00 bits per heavy atom. The first kappa shape index (κ1) is 23.6. The van der Waals surface area contributed by atoms with E-state index in [0.29, 0.717) is 6.42 Å².